The lowest BCUT2D eigenvalue weighted by molar-refractivity contribution is -0.0761. The van der Waals surface area contributed by atoms with E-state index in [1.807, 2.05) is 0 Å². The van der Waals surface area contributed by atoms with Crippen LogP contribution in [0.4, 0.5) is 0 Å². The Morgan fingerprint density at radius 2 is 1.76 bits per heavy atom. The number of hydrogen-bond acceptors (Lipinski definition) is 2. The number of allylic oxidation sites excluding steroid dienone is 1. The number of fused-ring (bicyclic) bond motifs is 5. The zero-order valence-corrected chi connectivity index (χ0v) is 13.5. The van der Waals surface area contributed by atoms with Gasteiger partial charge in [0, 0.05) is 0 Å². The molecule has 0 bridgehead atoms. The molecule has 2 nitrogen and oxygen atoms in total. The molecule has 0 aliphatic heterocycles. The molecule has 0 unspecified atom stereocenters. The lowest BCUT2D eigenvalue weighted by Crippen LogP contribution is -2.51. The topological polar surface area (TPSA) is 40.5 Å². The molecule has 0 aromatic heterocycles. The van der Waals surface area contributed by atoms with Crippen LogP contribution in [0.5, 0.6) is 0 Å². The molecule has 3 saturated carbocycles. The van der Waals surface area contributed by atoms with Crippen LogP contribution in [0.2, 0.25) is 0 Å². The van der Waals surface area contributed by atoms with E-state index in [2.05, 4.69) is 19.9 Å². The van der Waals surface area contributed by atoms with E-state index < -0.39 is 0 Å². The van der Waals surface area contributed by atoms with Gasteiger partial charge in [-0.25, -0.2) is 0 Å². The second kappa shape index (κ2) is 4.58. The molecule has 0 heterocycles. The smallest absolute Gasteiger partial charge is 0.0724 e. The Hall–Kier alpha value is -0.340. The van der Waals surface area contributed by atoms with Crippen LogP contribution >= 0.6 is 0 Å². The molecule has 7 atom stereocenters. The van der Waals surface area contributed by atoms with Gasteiger partial charge in [-0.1, -0.05) is 25.5 Å². The molecule has 0 saturated heterocycles. The third-order valence-corrected chi connectivity index (χ3v) is 8.04. The maximum absolute atomic E-state index is 10.5. The van der Waals surface area contributed by atoms with E-state index in [4.69, 9.17) is 0 Å². The summed E-state index contributed by atoms with van der Waals surface area (Å²) < 4.78 is 0. The Balaban J connectivity index is 1.67. The predicted octanol–water partition coefficient (Wildman–Crippen LogP) is 3.67. The third kappa shape index (κ3) is 1.84. The van der Waals surface area contributed by atoms with Crippen molar-refractivity contribution in [3.63, 3.8) is 0 Å². The Bertz CT molecular complexity index is 470. The molecule has 2 N–H and O–H groups in total. The van der Waals surface area contributed by atoms with Gasteiger partial charge < -0.3 is 10.2 Å². The van der Waals surface area contributed by atoms with E-state index in [9.17, 15) is 10.2 Å². The molecule has 3 fully saturated rings. The van der Waals surface area contributed by atoms with Crippen LogP contribution in [0.25, 0.3) is 0 Å². The number of hydrogen-bond donors (Lipinski definition) is 2. The zero-order chi connectivity index (χ0) is 14.8. The average Bonchev–Trinajstić information content (AvgIpc) is 2.76. The second-order valence-corrected chi connectivity index (χ2v) is 8.77. The van der Waals surface area contributed by atoms with Crippen LogP contribution in [0.1, 0.15) is 65.2 Å². The molecule has 118 valence electrons. The highest BCUT2D eigenvalue weighted by Crippen LogP contribution is 2.65. The van der Waals surface area contributed by atoms with Crippen LogP contribution in [-0.4, -0.2) is 22.4 Å². The first kappa shape index (κ1) is 14.3. The zero-order valence-electron chi connectivity index (χ0n) is 13.5. The summed E-state index contributed by atoms with van der Waals surface area (Å²) in [7, 11) is 0. The third-order valence-electron chi connectivity index (χ3n) is 8.04. The Labute approximate surface area is 128 Å². The molecule has 0 spiro atoms. The first-order valence-corrected chi connectivity index (χ1v) is 9.02. The van der Waals surface area contributed by atoms with Gasteiger partial charge in [-0.15, -0.1) is 0 Å². The van der Waals surface area contributed by atoms with Gasteiger partial charge in [-0.05, 0) is 80.0 Å². The van der Waals surface area contributed by atoms with E-state index in [1.165, 1.54) is 32.1 Å². The molecule has 0 radical (unpaired) electrons. The van der Waals surface area contributed by atoms with Crippen molar-refractivity contribution >= 4 is 0 Å². The van der Waals surface area contributed by atoms with Crippen molar-refractivity contribution < 1.29 is 10.2 Å². The van der Waals surface area contributed by atoms with Crippen LogP contribution in [0.3, 0.4) is 0 Å². The van der Waals surface area contributed by atoms with E-state index in [-0.39, 0.29) is 17.6 Å². The molecule has 0 aromatic carbocycles. The summed E-state index contributed by atoms with van der Waals surface area (Å²) >= 11 is 0. The van der Waals surface area contributed by atoms with E-state index in [1.54, 1.807) is 5.57 Å². The summed E-state index contributed by atoms with van der Waals surface area (Å²) in [6, 6.07) is 0. The van der Waals surface area contributed by atoms with Crippen LogP contribution < -0.4 is 0 Å². The van der Waals surface area contributed by atoms with Gasteiger partial charge in [0.05, 0.1) is 12.2 Å². The van der Waals surface area contributed by atoms with Gasteiger partial charge >= 0.3 is 0 Å². The highest BCUT2D eigenvalue weighted by molar-refractivity contribution is 5.25. The van der Waals surface area contributed by atoms with E-state index >= 15 is 0 Å². The molecule has 4 aliphatic rings. The van der Waals surface area contributed by atoms with E-state index in [0.29, 0.717) is 5.41 Å². The summed E-state index contributed by atoms with van der Waals surface area (Å²) in [5.74, 6) is 2.32. The first-order chi connectivity index (χ1) is 9.95. The number of rotatable bonds is 0. The molecule has 2 heteroatoms. The molecule has 4 rings (SSSR count). The van der Waals surface area contributed by atoms with Crippen molar-refractivity contribution in [3.05, 3.63) is 11.6 Å². The summed E-state index contributed by atoms with van der Waals surface area (Å²) in [6.45, 7) is 4.82. The fourth-order valence-electron chi connectivity index (χ4n) is 6.68. The SMILES string of the molecule is C[C@@]12CC[C@@H]3[C@H](CCC4=C[C@@H](O)CC[C@]43C)[C@H]1CC[C@@H]2O. The molecule has 0 amide bonds. The minimum absolute atomic E-state index is 0.0682. The average molecular weight is 290 g/mol. The highest BCUT2D eigenvalue weighted by atomic mass is 16.3. The Morgan fingerprint density at radius 1 is 0.952 bits per heavy atom. The van der Waals surface area contributed by atoms with Crippen molar-refractivity contribution in [2.24, 2.45) is 28.6 Å². The lowest BCUT2D eigenvalue weighted by Gasteiger charge is -2.58. The number of aliphatic hydroxyl groups excluding tert-OH is 2. The summed E-state index contributed by atoms with van der Waals surface area (Å²) in [5.41, 5.74) is 2.06. The quantitative estimate of drug-likeness (QED) is 0.668. The Morgan fingerprint density at radius 3 is 2.57 bits per heavy atom. The minimum Gasteiger partial charge on any atom is -0.393 e. The molecular weight excluding hydrogens is 260 g/mol. The minimum atomic E-state index is -0.202. The maximum Gasteiger partial charge on any atom is 0.0724 e. The first-order valence-electron chi connectivity index (χ1n) is 9.02. The van der Waals surface area contributed by atoms with Crippen molar-refractivity contribution in [3.8, 4) is 0 Å². The Kier molecular flexibility index (Phi) is 3.11. The second-order valence-electron chi connectivity index (χ2n) is 8.77. The molecule has 0 aromatic rings. The van der Waals surface area contributed by atoms with Gasteiger partial charge in [0.25, 0.3) is 0 Å². The van der Waals surface area contributed by atoms with Gasteiger partial charge in [0.2, 0.25) is 0 Å². The largest absolute Gasteiger partial charge is 0.393 e. The molecule has 21 heavy (non-hydrogen) atoms. The van der Waals surface area contributed by atoms with Gasteiger partial charge in [-0.3, -0.25) is 0 Å². The van der Waals surface area contributed by atoms with Crippen molar-refractivity contribution in [1.29, 1.82) is 0 Å². The lowest BCUT2D eigenvalue weighted by atomic mass is 9.47. The van der Waals surface area contributed by atoms with Crippen molar-refractivity contribution in [2.75, 3.05) is 0 Å². The van der Waals surface area contributed by atoms with Crippen molar-refractivity contribution in [1.82, 2.24) is 0 Å². The van der Waals surface area contributed by atoms with Gasteiger partial charge in [-0.2, -0.15) is 0 Å². The summed E-state index contributed by atoms with van der Waals surface area (Å²) in [6.07, 6.45) is 11.2. The molecule has 4 aliphatic carbocycles. The number of aliphatic hydroxyl groups is 2. The van der Waals surface area contributed by atoms with E-state index in [0.717, 1.165) is 37.0 Å². The highest BCUT2D eigenvalue weighted by Gasteiger charge is 2.58. The normalized spacial score (nSPS) is 56.2. The summed E-state index contributed by atoms with van der Waals surface area (Å²) in [5, 5.41) is 20.4. The monoisotopic (exact) mass is 290 g/mol. The van der Waals surface area contributed by atoms with Gasteiger partial charge in [0.1, 0.15) is 0 Å². The fraction of sp³-hybridized carbons (Fsp3) is 0.895. The van der Waals surface area contributed by atoms with Crippen molar-refractivity contribution in [2.45, 2.75) is 77.4 Å². The van der Waals surface area contributed by atoms with Crippen LogP contribution in [-0.2, 0) is 0 Å². The maximum atomic E-state index is 10.5. The van der Waals surface area contributed by atoms with Crippen LogP contribution in [0.15, 0.2) is 11.6 Å². The fourth-order valence-corrected chi connectivity index (χ4v) is 6.68. The predicted molar refractivity (Wildman–Crippen MR) is 83.7 cm³/mol. The van der Waals surface area contributed by atoms with Gasteiger partial charge in [0.15, 0.2) is 0 Å². The molecular formula is C19H30O2. The standard InChI is InChI=1S/C19H30O2/c1-18-9-7-13(20)11-12(18)3-4-14-15-5-6-17(21)19(15,2)10-8-16(14)18/h11,13-17,20-21H,3-10H2,1-2H3/t13-,14+,15+,16+,17-,18+,19+/m0/s1. The van der Waals surface area contributed by atoms with Crippen LogP contribution in [0, 0.1) is 28.6 Å². The summed E-state index contributed by atoms with van der Waals surface area (Å²) in [4.78, 5) is 0.